The molecule has 0 aliphatic rings. The Labute approximate surface area is 145 Å². The van der Waals surface area contributed by atoms with Gasteiger partial charge in [-0.3, -0.25) is 9.59 Å². The third-order valence-corrected chi connectivity index (χ3v) is 4.07. The quantitative estimate of drug-likeness (QED) is 0.740. The fourth-order valence-corrected chi connectivity index (χ4v) is 2.63. The molecule has 2 aromatic rings. The summed E-state index contributed by atoms with van der Waals surface area (Å²) in [7, 11) is 0. The second-order valence-corrected chi connectivity index (χ2v) is 6.50. The van der Waals surface area contributed by atoms with Gasteiger partial charge in [-0.1, -0.05) is 58.4 Å². The van der Waals surface area contributed by atoms with Gasteiger partial charge in [0, 0.05) is 28.9 Å². The zero-order valence-electron chi connectivity index (χ0n) is 13.1. The number of carbonyl (C=O) groups excluding carboxylic acids is 2. The molecule has 0 saturated heterocycles. The topological polar surface area (TPSA) is 46.2 Å². The second kappa shape index (κ2) is 8.63. The molecule has 0 fully saturated rings. The molecule has 1 amide bonds. The van der Waals surface area contributed by atoms with Gasteiger partial charge in [-0.15, -0.1) is 0 Å². The molecule has 0 saturated carbocycles. The van der Waals surface area contributed by atoms with E-state index < -0.39 is 0 Å². The fourth-order valence-electron chi connectivity index (χ4n) is 2.37. The molecule has 0 aliphatic carbocycles. The van der Waals surface area contributed by atoms with Crippen molar-refractivity contribution in [1.29, 1.82) is 0 Å². The molecule has 0 spiro atoms. The Morgan fingerprint density at radius 1 is 1.00 bits per heavy atom. The molecule has 1 unspecified atom stereocenters. The number of halogens is 1. The number of carbonyl (C=O) groups is 2. The predicted molar refractivity (Wildman–Crippen MR) is 95.5 cm³/mol. The van der Waals surface area contributed by atoms with Crippen molar-refractivity contribution in [2.24, 2.45) is 0 Å². The van der Waals surface area contributed by atoms with E-state index in [9.17, 15) is 9.59 Å². The number of hydrogen-bond acceptors (Lipinski definition) is 2. The number of hydrogen-bond donors (Lipinski definition) is 1. The van der Waals surface area contributed by atoms with Crippen molar-refractivity contribution in [1.82, 2.24) is 5.32 Å². The summed E-state index contributed by atoms with van der Waals surface area (Å²) in [5, 5.41) is 2.95. The molecule has 2 rings (SSSR count). The molecule has 0 bridgehead atoms. The van der Waals surface area contributed by atoms with Crippen LogP contribution in [0.3, 0.4) is 0 Å². The lowest BCUT2D eigenvalue weighted by Gasteiger charge is -2.14. The summed E-state index contributed by atoms with van der Waals surface area (Å²) in [5.41, 5.74) is 1.82. The average Bonchev–Trinajstić information content (AvgIpc) is 2.55. The number of rotatable bonds is 7. The van der Waals surface area contributed by atoms with Gasteiger partial charge in [0.05, 0.1) is 0 Å². The monoisotopic (exact) mass is 373 g/mol. The molecular formula is C19H20BrNO2. The summed E-state index contributed by atoms with van der Waals surface area (Å²) in [6, 6.07) is 17.2. The summed E-state index contributed by atoms with van der Waals surface area (Å²) >= 11 is 3.40. The van der Waals surface area contributed by atoms with Crippen molar-refractivity contribution in [2.45, 2.75) is 32.2 Å². The van der Waals surface area contributed by atoms with Gasteiger partial charge >= 0.3 is 0 Å². The van der Waals surface area contributed by atoms with Crippen LogP contribution in [0.25, 0.3) is 0 Å². The minimum absolute atomic E-state index is 0.00122. The van der Waals surface area contributed by atoms with Gasteiger partial charge in [-0.05, 0) is 31.0 Å². The minimum Gasteiger partial charge on any atom is -0.353 e. The van der Waals surface area contributed by atoms with E-state index in [2.05, 4.69) is 21.2 Å². The lowest BCUT2D eigenvalue weighted by atomic mass is 10.1. The van der Waals surface area contributed by atoms with Crippen LogP contribution in [0.15, 0.2) is 59.1 Å². The third kappa shape index (κ3) is 5.99. The van der Waals surface area contributed by atoms with Crippen LogP contribution in [0.4, 0.5) is 0 Å². The molecule has 23 heavy (non-hydrogen) atoms. The van der Waals surface area contributed by atoms with Gasteiger partial charge in [-0.2, -0.15) is 0 Å². The predicted octanol–water partition coefficient (Wildman–Crippen LogP) is 4.16. The van der Waals surface area contributed by atoms with Crippen LogP contribution < -0.4 is 5.32 Å². The van der Waals surface area contributed by atoms with Crippen molar-refractivity contribution in [3.63, 3.8) is 0 Å². The summed E-state index contributed by atoms with van der Waals surface area (Å²) < 4.78 is 1.04. The summed E-state index contributed by atoms with van der Waals surface area (Å²) in [4.78, 5) is 23.9. The molecule has 0 aliphatic heterocycles. The molecule has 0 aromatic heterocycles. The normalized spacial score (nSPS) is 11.7. The second-order valence-electron chi connectivity index (χ2n) is 5.59. The van der Waals surface area contributed by atoms with Gasteiger partial charge in [-0.25, -0.2) is 0 Å². The van der Waals surface area contributed by atoms with E-state index in [4.69, 9.17) is 0 Å². The Morgan fingerprint density at radius 2 is 1.65 bits per heavy atom. The standard InChI is InChI=1S/C19H20BrNO2/c1-14(13-15-7-9-17(20)10-8-15)21-19(23)12-11-18(22)16-5-3-2-4-6-16/h2-10,14H,11-13H2,1H3,(H,21,23). The minimum atomic E-state index is -0.0844. The van der Waals surface area contributed by atoms with Crippen molar-refractivity contribution in [3.05, 3.63) is 70.2 Å². The highest BCUT2D eigenvalue weighted by Gasteiger charge is 2.11. The van der Waals surface area contributed by atoms with Crippen LogP contribution >= 0.6 is 15.9 Å². The molecule has 1 atom stereocenters. The fraction of sp³-hybridized carbons (Fsp3) is 0.263. The Balaban J connectivity index is 1.75. The first-order valence-corrected chi connectivity index (χ1v) is 8.46. The van der Waals surface area contributed by atoms with Gasteiger partial charge in [0.15, 0.2) is 5.78 Å². The van der Waals surface area contributed by atoms with Gasteiger partial charge in [0.2, 0.25) is 5.91 Å². The van der Waals surface area contributed by atoms with Crippen LogP contribution in [-0.2, 0) is 11.2 Å². The molecule has 120 valence electrons. The maximum absolute atomic E-state index is 12.0. The first-order valence-electron chi connectivity index (χ1n) is 7.66. The van der Waals surface area contributed by atoms with E-state index in [1.165, 1.54) is 5.56 Å². The van der Waals surface area contributed by atoms with Crippen LogP contribution in [-0.4, -0.2) is 17.7 Å². The highest BCUT2D eigenvalue weighted by atomic mass is 79.9. The van der Waals surface area contributed by atoms with Crippen LogP contribution in [0.1, 0.15) is 35.7 Å². The molecule has 3 nitrogen and oxygen atoms in total. The maximum Gasteiger partial charge on any atom is 0.220 e. The first-order chi connectivity index (χ1) is 11.0. The van der Waals surface area contributed by atoms with Crippen molar-refractivity contribution in [2.75, 3.05) is 0 Å². The number of nitrogens with one attached hydrogen (secondary N) is 1. The van der Waals surface area contributed by atoms with E-state index >= 15 is 0 Å². The van der Waals surface area contributed by atoms with Crippen molar-refractivity contribution in [3.8, 4) is 0 Å². The van der Waals surface area contributed by atoms with E-state index in [0.29, 0.717) is 5.56 Å². The lowest BCUT2D eigenvalue weighted by Crippen LogP contribution is -2.34. The zero-order valence-corrected chi connectivity index (χ0v) is 14.7. The van der Waals surface area contributed by atoms with Crippen molar-refractivity contribution >= 4 is 27.6 Å². The summed E-state index contributed by atoms with van der Waals surface area (Å²) in [5.74, 6) is -0.0831. The molecule has 0 heterocycles. The Hall–Kier alpha value is -1.94. The largest absolute Gasteiger partial charge is 0.353 e. The van der Waals surface area contributed by atoms with Crippen LogP contribution in [0.2, 0.25) is 0 Å². The van der Waals surface area contributed by atoms with E-state index in [-0.39, 0.29) is 30.6 Å². The van der Waals surface area contributed by atoms with E-state index in [0.717, 1.165) is 10.9 Å². The molecule has 2 aromatic carbocycles. The smallest absolute Gasteiger partial charge is 0.220 e. The molecule has 0 radical (unpaired) electrons. The SMILES string of the molecule is CC(Cc1ccc(Br)cc1)NC(=O)CCC(=O)c1ccccc1. The zero-order chi connectivity index (χ0) is 16.7. The number of benzene rings is 2. The van der Waals surface area contributed by atoms with Gasteiger partial charge in [0.25, 0.3) is 0 Å². The summed E-state index contributed by atoms with van der Waals surface area (Å²) in [6.45, 7) is 1.97. The van der Waals surface area contributed by atoms with Crippen molar-refractivity contribution < 1.29 is 9.59 Å². The Bertz CT molecular complexity index is 653. The number of amides is 1. The average molecular weight is 374 g/mol. The highest BCUT2D eigenvalue weighted by Crippen LogP contribution is 2.12. The Morgan fingerprint density at radius 3 is 2.30 bits per heavy atom. The molecule has 1 N–H and O–H groups in total. The third-order valence-electron chi connectivity index (χ3n) is 3.54. The lowest BCUT2D eigenvalue weighted by molar-refractivity contribution is -0.121. The van der Waals surface area contributed by atoms with E-state index in [1.54, 1.807) is 12.1 Å². The number of ketones is 1. The van der Waals surface area contributed by atoms with Crippen LogP contribution in [0, 0.1) is 0 Å². The van der Waals surface area contributed by atoms with E-state index in [1.807, 2.05) is 49.4 Å². The Kier molecular flexibility index (Phi) is 6.53. The molecular weight excluding hydrogens is 354 g/mol. The van der Waals surface area contributed by atoms with Gasteiger partial charge < -0.3 is 5.32 Å². The molecule has 4 heteroatoms. The van der Waals surface area contributed by atoms with Gasteiger partial charge in [0.1, 0.15) is 0 Å². The highest BCUT2D eigenvalue weighted by molar-refractivity contribution is 9.10. The van der Waals surface area contributed by atoms with Crippen LogP contribution in [0.5, 0.6) is 0 Å². The summed E-state index contributed by atoms with van der Waals surface area (Å²) in [6.07, 6.45) is 1.23. The maximum atomic E-state index is 12.0. The first kappa shape index (κ1) is 17.4. The number of Topliss-reactive ketones (excluding diaryl/α,β-unsaturated/α-hetero) is 1.